The predicted octanol–water partition coefficient (Wildman–Crippen LogP) is 1.16. The normalized spacial score (nSPS) is 31.4. The van der Waals surface area contributed by atoms with Crippen LogP contribution in [0.2, 0.25) is 0 Å². The first-order chi connectivity index (χ1) is 8.25. The van der Waals surface area contributed by atoms with Crippen LogP contribution in [0.15, 0.2) is 12.3 Å². The summed E-state index contributed by atoms with van der Waals surface area (Å²) < 4.78 is 2.00. The zero-order valence-corrected chi connectivity index (χ0v) is 10.8. The number of nitrogens with zero attached hydrogens (tertiary/aromatic N) is 3. The molecular formula is C13H22N4. The number of rotatable bonds is 2. The van der Waals surface area contributed by atoms with Crippen molar-refractivity contribution in [1.82, 2.24) is 20.0 Å². The molecule has 0 aromatic carbocycles. The van der Waals surface area contributed by atoms with Gasteiger partial charge in [0.1, 0.15) is 0 Å². The van der Waals surface area contributed by atoms with E-state index in [1.807, 2.05) is 17.9 Å². The largest absolute Gasteiger partial charge is 0.312 e. The summed E-state index contributed by atoms with van der Waals surface area (Å²) in [5, 5.41) is 7.94. The molecule has 0 saturated carbocycles. The molecule has 1 N–H and O–H groups in total. The third-order valence-electron chi connectivity index (χ3n) is 4.46. The molecule has 3 heterocycles. The molecule has 94 valence electrons. The van der Waals surface area contributed by atoms with Gasteiger partial charge in [0.05, 0.1) is 5.69 Å². The van der Waals surface area contributed by atoms with E-state index in [0.29, 0.717) is 6.04 Å². The van der Waals surface area contributed by atoms with E-state index < -0.39 is 0 Å². The molecule has 2 aliphatic heterocycles. The minimum absolute atomic E-state index is 0.481. The highest BCUT2D eigenvalue weighted by Crippen LogP contribution is 2.31. The molecule has 1 aromatic rings. The van der Waals surface area contributed by atoms with E-state index in [2.05, 4.69) is 28.3 Å². The van der Waals surface area contributed by atoms with Gasteiger partial charge in [-0.2, -0.15) is 5.10 Å². The van der Waals surface area contributed by atoms with Crippen molar-refractivity contribution in [2.45, 2.75) is 31.8 Å². The summed E-state index contributed by atoms with van der Waals surface area (Å²) in [5.41, 5.74) is 1.32. The second kappa shape index (κ2) is 4.42. The van der Waals surface area contributed by atoms with Crippen molar-refractivity contribution in [3.8, 4) is 0 Å². The van der Waals surface area contributed by atoms with Gasteiger partial charge in [-0.25, -0.2) is 0 Å². The number of piperidine rings is 1. The topological polar surface area (TPSA) is 33.1 Å². The maximum atomic E-state index is 4.27. The van der Waals surface area contributed by atoms with Gasteiger partial charge in [0, 0.05) is 38.4 Å². The van der Waals surface area contributed by atoms with Crippen LogP contribution in [-0.2, 0) is 7.05 Å². The SMILES string of the molecule is CC(c1ccnn1C)N1CC2CCCNC2C1. The Bertz CT molecular complexity index is 373. The third kappa shape index (κ3) is 2.00. The van der Waals surface area contributed by atoms with Crippen LogP contribution in [0.1, 0.15) is 31.5 Å². The first kappa shape index (κ1) is 11.2. The quantitative estimate of drug-likeness (QED) is 0.834. The Balaban J connectivity index is 1.71. The monoisotopic (exact) mass is 234 g/mol. The van der Waals surface area contributed by atoms with Crippen molar-refractivity contribution in [2.75, 3.05) is 19.6 Å². The van der Waals surface area contributed by atoms with Crippen molar-refractivity contribution in [3.05, 3.63) is 18.0 Å². The van der Waals surface area contributed by atoms with E-state index in [1.54, 1.807) is 0 Å². The Morgan fingerprint density at radius 1 is 1.47 bits per heavy atom. The predicted molar refractivity (Wildman–Crippen MR) is 67.7 cm³/mol. The second-order valence-electron chi connectivity index (χ2n) is 5.47. The maximum absolute atomic E-state index is 4.27. The highest BCUT2D eigenvalue weighted by molar-refractivity contribution is 5.08. The van der Waals surface area contributed by atoms with Gasteiger partial charge in [0.25, 0.3) is 0 Å². The molecule has 2 saturated heterocycles. The molecule has 4 nitrogen and oxygen atoms in total. The zero-order chi connectivity index (χ0) is 11.8. The molecule has 1 aromatic heterocycles. The molecule has 0 spiro atoms. The van der Waals surface area contributed by atoms with Gasteiger partial charge < -0.3 is 5.32 Å². The number of fused-ring (bicyclic) bond motifs is 1. The number of nitrogens with one attached hydrogen (secondary N) is 1. The third-order valence-corrected chi connectivity index (χ3v) is 4.46. The Morgan fingerprint density at radius 3 is 3.06 bits per heavy atom. The van der Waals surface area contributed by atoms with Crippen LogP contribution in [0.25, 0.3) is 0 Å². The summed E-state index contributed by atoms with van der Waals surface area (Å²) in [6.07, 6.45) is 4.63. The van der Waals surface area contributed by atoms with E-state index in [-0.39, 0.29) is 0 Å². The fourth-order valence-electron chi connectivity index (χ4n) is 3.38. The molecule has 2 aliphatic rings. The van der Waals surface area contributed by atoms with E-state index >= 15 is 0 Å². The van der Waals surface area contributed by atoms with E-state index in [9.17, 15) is 0 Å². The van der Waals surface area contributed by atoms with Gasteiger partial charge in [0.15, 0.2) is 0 Å². The molecule has 0 radical (unpaired) electrons. The lowest BCUT2D eigenvalue weighted by Crippen LogP contribution is -2.40. The summed E-state index contributed by atoms with van der Waals surface area (Å²) in [4.78, 5) is 2.60. The second-order valence-corrected chi connectivity index (χ2v) is 5.47. The van der Waals surface area contributed by atoms with Gasteiger partial charge >= 0.3 is 0 Å². The Kier molecular flexibility index (Phi) is 2.92. The summed E-state index contributed by atoms with van der Waals surface area (Å²) in [6.45, 7) is 5.93. The highest BCUT2D eigenvalue weighted by atomic mass is 15.3. The Labute approximate surface area is 103 Å². The molecule has 17 heavy (non-hydrogen) atoms. The molecule has 0 amide bonds. The van der Waals surface area contributed by atoms with Crippen molar-refractivity contribution in [3.63, 3.8) is 0 Å². The molecular weight excluding hydrogens is 212 g/mol. The molecule has 3 rings (SSSR count). The molecule has 4 heteroatoms. The summed E-state index contributed by atoms with van der Waals surface area (Å²) in [7, 11) is 2.03. The summed E-state index contributed by atoms with van der Waals surface area (Å²) in [5.74, 6) is 0.861. The fourth-order valence-corrected chi connectivity index (χ4v) is 3.38. The maximum Gasteiger partial charge on any atom is 0.0549 e. The van der Waals surface area contributed by atoms with Gasteiger partial charge in [-0.15, -0.1) is 0 Å². The molecule has 0 bridgehead atoms. The lowest BCUT2D eigenvalue weighted by molar-refractivity contribution is 0.241. The van der Waals surface area contributed by atoms with E-state index in [4.69, 9.17) is 0 Å². The Morgan fingerprint density at radius 2 is 2.35 bits per heavy atom. The lowest BCUT2D eigenvalue weighted by atomic mass is 9.94. The summed E-state index contributed by atoms with van der Waals surface area (Å²) in [6, 6.07) is 3.34. The van der Waals surface area contributed by atoms with Crippen molar-refractivity contribution in [2.24, 2.45) is 13.0 Å². The first-order valence-corrected chi connectivity index (χ1v) is 6.71. The summed E-state index contributed by atoms with van der Waals surface area (Å²) >= 11 is 0. The van der Waals surface area contributed by atoms with Crippen LogP contribution in [0.5, 0.6) is 0 Å². The number of aromatic nitrogens is 2. The fraction of sp³-hybridized carbons (Fsp3) is 0.769. The van der Waals surface area contributed by atoms with Crippen LogP contribution >= 0.6 is 0 Å². The van der Waals surface area contributed by atoms with Crippen LogP contribution in [-0.4, -0.2) is 40.4 Å². The van der Waals surface area contributed by atoms with Gasteiger partial charge in [-0.1, -0.05) is 0 Å². The van der Waals surface area contributed by atoms with Crippen molar-refractivity contribution >= 4 is 0 Å². The minimum atomic E-state index is 0.481. The zero-order valence-electron chi connectivity index (χ0n) is 10.8. The first-order valence-electron chi connectivity index (χ1n) is 6.71. The Hall–Kier alpha value is -0.870. The van der Waals surface area contributed by atoms with Gasteiger partial charge in [-0.05, 0) is 38.3 Å². The highest BCUT2D eigenvalue weighted by Gasteiger charge is 2.36. The average molecular weight is 234 g/mol. The molecule has 2 fully saturated rings. The molecule has 3 atom stereocenters. The van der Waals surface area contributed by atoms with E-state index in [1.165, 1.54) is 38.2 Å². The van der Waals surface area contributed by atoms with Crippen LogP contribution in [0.4, 0.5) is 0 Å². The number of aryl methyl sites for hydroxylation is 1. The smallest absolute Gasteiger partial charge is 0.0549 e. The number of hydrogen-bond acceptors (Lipinski definition) is 3. The van der Waals surface area contributed by atoms with Crippen molar-refractivity contribution in [1.29, 1.82) is 0 Å². The van der Waals surface area contributed by atoms with Gasteiger partial charge in [0.2, 0.25) is 0 Å². The van der Waals surface area contributed by atoms with Gasteiger partial charge in [-0.3, -0.25) is 9.58 Å². The van der Waals surface area contributed by atoms with Crippen LogP contribution in [0, 0.1) is 5.92 Å². The van der Waals surface area contributed by atoms with Crippen molar-refractivity contribution < 1.29 is 0 Å². The lowest BCUT2D eigenvalue weighted by Gasteiger charge is -2.25. The molecule has 3 unspecified atom stereocenters. The minimum Gasteiger partial charge on any atom is -0.312 e. The van der Waals surface area contributed by atoms with Crippen LogP contribution < -0.4 is 5.32 Å². The number of likely N-dealkylation sites (tertiary alicyclic amines) is 1. The van der Waals surface area contributed by atoms with E-state index in [0.717, 1.165) is 12.0 Å². The number of hydrogen-bond donors (Lipinski definition) is 1. The standard InChI is InChI=1S/C13H22N4/c1-10(13-5-7-15-16(13)2)17-8-11-4-3-6-14-12(11)9-17/h5,7,10-12,14H,3-4,6,8-9H2,1-2H3. The molecule has 0 aliphatic carbocycles. The average Bonchev–Trinajstić information content (AvgIpc) is 2.93. The van der Waals surface area contributed by atoms with Crippen LogP contribution in [0.3, 0.4) is 0 Å².